The predicted molar refractivity (Wildman–Crippen MR) is 55.8 cm³/mol. The molecular weight excluding hydrogens is 194 g/mol. The van der Waals surface area contributed by atoms with Crippen molar-refractivity contribution >= 4 is 16.8 Å². The van der Waals surface area contributed by atoms with Crippen LogP contribution in [-0.2, 0) is 0 Å². The maximum atomic E-state index is 11.5. The summed E-state index contributed by atoms with van der Waals surface area (Å²) in [5.41, 5.74) is 0.369. The van der Waals surface area contributed by atoms with Crippen LogP contribution in [0.1, 0.15) is 10.4 Å². The maximum Gasteiger partial charge on any atom is 0.261 e. The molecule has 0 unspecified atom stereocenters. The minimum absolute atomic E-state index is 0.0954. The Balaban J connectivity index is 2.73. The molecule has 76 valence electrons. The topological polar surface area (TPSA) is 74.8 Å². The Morgan fingerprint density at radius 2 is 2.33 bits per heavy atom. The van der Waals surface area contributed by atoms with Gasteiger partial charge in [-0.05, 0) is 12.1 Å². The number of carbonyl (C=O) groups excluding carboxylic acids is 1. The molecule has 2 aromatic rings. The lowest BCUT2D eigenvalue weighted by Crippen LogP contribution is -2.26. The number of nitrogens with zero attached hydrogens (tertiary/aromatic N) is 1. The largest absolute Gasteiger partial charge is 0.355 e. The Hall–Kier alpha value is -2.17. The first-order valence-corrected chi connectivity index (χ1v) is 4.41. The second-order valence-electron chi connectivity index (χ2n) is 3.05. The molecule has 0 saturated carbocycles. The van der Waals surface area contributed by atoms with Crippen LogP contribution in [-0.4, -0.2) is 22.9 Å². The number of H-pyrrole nitrogens is 1. The highest BCUT2D eigenvalue weighted by atomic mass is 16.2. The van der Waals surface area contributed by atoms with Crippen LogP contribution in [0.25, 0.3) is 10.9 Å². The molecule has 2 heterocycles. The number of aromatic amines is 1. The summed E-state index contributed by atoms with van der Waals surface area (Å²) in [6.07, 6.45) is 3.18. The Morgan fingerprint density at radius 3 is 3.07 bits per heavy atom. The second-order valence-corrected chi connectivity index (χ2v) is 3.05. The summed E-state index contributed by atoms with van der Waals surface area (Å²) in [5.74, 6) is -0.401. The van der Waals surface area contributed by atoms with E-state index in [0.29, 0.717) is 5.52 Å². The smallest absolute Gasteiger partial charge is 0.261 e. The fourth-order valence-corrected chi connectivity index (χ4v) is 1.35. The monoisotopic (exact) mass is 203 g/mol. The zero-order valence-electron chi connectivity index (χ0n) is 8.07. The average Bonchev–Trinajstić information content (AvgIpc) is 2.27. The van der Waals surface area contributed by atoms with Gasteiger partial charge in [-0.3, -0.25) is 14.6 Å². The van der Waals surface area contributed by atoms with Crippen molar-refractivity contribution in [2.75, 3.05) is 7.05 Å². The van der Waals surface area contributed by atoms with E-state index in [9.17, 15) is 9.59 Å². The van der Waals surface area contributed by atoms with Gasteiger partial charge in [0.1, 0.15) is 5.56 Å². The zero-order chi connectivity index (χ0) is 10.8. The summed E-state index contributed by atoms with van der Waals surface area (Å²) in [6, 6.07) is 3.21. The van der Waals surface area contributed by atoms with Gasteiger partial charge in [0.2, 0.25) is 0 Å². The Kier molecular flexibility index (Phi) is 2.21. The van der Waals surface area contributed by atoms with Gasteiger partial charge in [0.05, 0.1) is 5.52 Å². The summed E-state index contributed by atoms with van der Waals surface area (Å²) in [6.45, 7) is 0. The lowest BCUT2D eigenvalue weighted by Gasteiger charge is -2.00. The highest BCUT2D eigenvalue weighted by Crippen LogP contribution is 2.07. The van der Waals surface area contributed by atoms with Gasteiger partial charge in [-0.15, -0.1) is 0 Å². The van der Waals surface area contributed by atoms with Crippen molar-refractivity contribution in [3.63, 3.8) is 0 Å². The molecule has 1 amide bonds. The molecule has 15 heavy (non-hydrogen) atoms. The van der Waals surface area contributed by atoms with Gasteiger partial charge in [-0.2, -0.15) is 0 Å². The number of hydrogen-bond acceptors (Lipinski definition) is 3. The van der Waals surface area contributed by atoms with Crippen molar-refractivity contribution in [2.24, 2.45) is 0 Å². The van der Waals surface area contributed by atoms with Crippen LogP contribution in [0.2, 0.25) is 0 Å². The third-order valence-corrected chi connectivity index (χ3v) is 2.12. The minimum Gasteiger partial charge on any atom is -0.355 e. The van der Waals surface area contributed by atoms with Crippen LogP contribution in [0, 0.1) is 0 Å². The summed E-state index contributed by atoms with van der Waals surface area (Å²) >= 11 is 0. The lowest BCUT2D eigenvalue weighted by atomic mass is 10.2. The molecule has 0 fully saturated rings. The van der Waals surface area contributed by atoms with Crippen LogP contribution in [0.4, 0.5) is 0 Å². The van der Waals surface area contributed by atoms with Gasteiger partial charge in [-0.1, -0.05) is 0 Å². The van der Waals surface area contributed by atoms with E-state index >= 15 is 0 Å². The molecule has 2 rings (SSSR count). The van der Waals surface area contributed by atoms with Gasteiger partial charge in [0.25, 0.3) is 11.5 Å². The number of amides is 1. The summed E-state index contributed by atoms with van der Waals surface area (Å²) in [5, 5.41) is 3.14. The summed E-state index contributed by atoms with van der Waals surface area (Å²) < 4.78 is 0. The molecule has 0 saturated heterocycles. The highest BCUT2D eigenvalue weighted by Gasteiger charge is 2.09. The molecule has 0 atom stereocenters. The van der Waals surface area contributed by atoms with E-state index < -0.39 is 11.5 Å². The number of pyridine rings is 2. The molecule has 0 spiro atoms. The third-order valence-electron chi connectivity index (χ3n) is 2.12. The van der Waals surface area contributed by atoms with E-state index in [1.54, 1.807) is 18.5 Å². The van der Waals surface area contributed by atoms with Gasteiger partial charge in [0.15, 0.2) is 0 Å². The van der Waals surface area contributed by atoms with Crippen molar-refractivity contribution in [1.82, 2.24) is 15.3 Å². The van der Waals surface area contributed by atoms with Gasteiger partial charge < -0.3 is 10.3 Å². The minimum atomic E-state index is -0.401. The Labute approximate surface area is 85.2 Å². The van der Waals surface area contributed by atoms with E-state index in [-0.39, 0.29) is 5.56 Å². The van der Waals surface area contributed by atoms with Crippen molar-refractivity contribution < 1.29 is 4.79 Å². The maximum absolute atomic E-state index is 11.5. The fourth-order valence-electron chi connectivity index (χ4n) is 1.35. The average molecular weight is 203 g/mol. The fraction of sp³-hybridized carbons (Fsp3) is 0.100. The van der Waals surface area contributed by atoms with Gasteiger partial charge in [-0.25, -0.2) is 0 Å². The number of aromatic nitrogens is 2. The van der Waals surface area contributed by atoms with Crippen LogP contribution in [0.15, 0.2) is 29.3 Å². The van der Waals surface area contributed by atoms with E-state index in [0.717, 1.165) is 5.39 Å². The lowest BCUT2D eigenvalue weighted by molar-refractivity contribution is 0.0962. The standard InChI is InChI=1S/C10H9N3O2/c1-11-9(14)7-4-6-5-12-3-2-8(6)13-10(7)15/h2-5H,1H3,(H,11,14)(H,13,15). The second kappa shape index (κ2) is 3.53. The first-order valence-electron chi connectivity index (χ1n) is 4.41. The predicted octanol–water partition coefficient (Wildman–Crippen LogP) is 0.283. The first kappa shape index (κ1) is 9.39. The van der Waals surface area contributed by atoms with E-state index in [1.807, 2.05) is 0 Å². The van der Waals surface area contributed by atoms with Gasteiger partial charge >= 0.3 is 0 Å². The molecule has 2 N–H and O–H groups in total. The van der Waals surface area contributed by atoms with Gasteiger partial charge in [0, 0.05) is 24.8 Å². The third kappa shape index (κ3) is 1.59. The number of carbonyl (C=O) groups is 1. The Bertz CT molecular complexity index is 574. The number of hydrogen-bond donors (Lipinski definition) is 2. The van der Waals surface area contributed by atoms with Crippen molar-refractivity contribution in [1.29, 1.82) is 0 Å². The van der Waals surface area contributed by atoms with Crippen LogP contribution < -0.4 is 10.9 Å². The number of nitrogens with one attached hydrogen (secondary N) is 2. The molecular formula is C10H9N3O2. The van der Waals surface area contributed by atoms with Crippen LogP contribution in [0.3, 0.4) is 0 Å². The molecule has 0 radical (unpaired) electrons. The summed E-state index contributed by atoms with van der Waals surface area (Å²) in [4.78, 5) is 29.4. The molecule has 0 bridgehead atoms. The quantitative estimate of drug-likeness (QED) is 0.699. The molecule has 0 aliphatic rings. The molecule has 0 aliphatic heterocycles. The summed E-state index contributed by atoms with van der Waals surface area (Å²) in [7, 11) is 1.48. The molecule has 0 aromatic carbocycles. The number of rotatable bonds is 1. The first-order chi connectivity index (χ1) is 7.22. The molecule has 5 nitrogen and oxygen atoms in total. The molecule has 0 aliphatic carbocycles. The SMILES string of the molecule is CNC(=O)c1cc2cnccc2[nH]c1=O. The van der Waals surface area contributed by atoms with Crippen LogP contribution in [0.5, 0.6) is 0 Å². The highest BCUT2D eigenvalue weighted by molar-refractivity contribution is 5.96. The Morgan fingerprint density at radius 1 is 1.53 bits per heavy atom. The number of fused-ring (bicyclic) bond motifs is 1. The normalized spacial score (nSPS) is 10.2. The van der Waals surface area contributed by atoms with Crippen molar-refractivity contribution in [3.8, 4) is 0 Å². The van der Waals surface area contributed by atoms with E-state index in [4.69, 9.17) is 0 Å². The van der Waals surface area contributed by atoms with Crippen molar-refractivity contribution in [3.05, 3.63) is 40.4 Å². The molecule has 5 heteroatoms. The van der Waals surface area contributed by atoms with Crippen LogP contribution >= 0.6 is 0 Å². The molecule has 2 aromatic heterocycles. The zero-order valence-corrected chi connectivity index (χ0v) is 8.07. The van der Waals surface area contributed by atoms with E-state index in [2.05, 4.69) is 15.3 Å². The van der Waals surface area contributed by atoms with E-state index in [1.165, 1.54) is 13.1 Å². The van der Waals surface area contributed by atoms with Crippen molar-refractivity contribution in [2.45, 2.75) is 0 Å².